The van der Waals surface area contributed by atoms with Crippen LogP contribution in [0.25, 0.3) is 33.1 Å². The van der Waals surface area contributed by atoms with Crippen molar-refractivity contribution in [1.82, 2.24) is 4.57 Å². The third-order valence-corrected chi connectivity index (χ3v) is 6.01. The van der Waals surface area contributed by atoms with E-state index in [1.54, 1.807) is 5.57 Å². The molecule has 0 bridgehead atoms. The van der Waals surface area contributed by atoms with Crippen LogP contribution in [0, 0.1) is 0 Å². The van der Waals surface area contributed by atoms with E-state index in [1.807, 2.05) is 6.08 Å². The molecule has 3 aromatic carbocycles. The molecule has 0 saturated carbocycles. The van der Waals surface area contributed by atoms with Crippen molar-refractivity contribution in [1.29, 1.82) is 0 Å². The Bertz CT molecular complexity index is 1210. The van der Waals surface area contributed by atoms with E-state index in [0.717, 1.165) is 25.7 Å². The van der Waals surface area contributed by atoms with Gasteiger partial charge in [-0.05, 0) is 61.1 Å². The summed E-state index contributed by atoms with van der Waals surface area (Å²) in [6.07, 6.45) is 11.1. The van der Waals surface area contributed by atoms with Gasteiger partial charge in [0.15, 0.2) is 0 Å². The Morgan fingerprint density at radius 1 is 0.839 bits per heavy atom. The summed E-state index contributed by atoms with van der Waals surface area (Å²) in [6, 6.07) is 26.1. The Morgan fingerprint density at radius 3 is 2.13 bits per heavy atom. The van der Waals surface area contributed by atoms with Crippen LogP contribution in [-0.2, 0) is 0 Å². The average molecular weight is 406 g/mol. The number of para-hydroxylation sites is 2. The highest BCUT2D eigenvalue weighted by Crippen LogP contribution is 2.32. The van der Waals surface area contributed by atoms with Crippen molar-refractivity contribution in [3.8, 4) is 5.69 Å². The van der Waals surface area contributed by atoms with Gasteiger partial charge in [-0.2, -0.15) is 0 Å². The van der Waals surface area contributed by atoms with E-state index in [9.17, 15) is 0 Å². The molecule has 1 aromatic heterocycles. The Balaban J connectivity index is 1.74. The lowest BCUT2D eigenvalue weighted by molar-refractivity contribution is 0.895. The van der Waals surface area contributed by atoms with Gasteiger partial charge in [0.1, 0.15) is 0 Å². The van der Waals surface area contributed by atoms with Crippen molar-refractivity contribution in [3.05, 3.63) is 109 Å². The average Bonchev–Trinajstić information content (AvgIpc) is 3.16. The van der Waals surface area contributed by atoms with E-state index < -0.39 is 0 Å². The second-order valence-electron chi connectivity index (χ2n) is 7.95. The van der Waals surface area contributed by atoms with Crippen LogP contribution in [0.5, 0.6) is 0 Å². The molecule has 0 aliphatic heterocycles. The first kappa shape index (κ1) is 20.9. The molecule has 0 aliphatic rings. The molecule has 0 spiro atoms. The monoisotopic (exact) mass is 405 g/mol. The normalized spacial score (nSPS) is 12.6. The van der Waals surface area contributed by atoms with Crippen LogP contribution in [0.15, 0.2) is 103 Å². The van der Waals surface area contributed by atoms with Gasteiger partial charge >= 0.3 is 0 Å². The summed E-state index contributed by atoms with van der Waals surface area (Å²) in [7, 11) is 0. The van der Waals surface area contributed by atoms with Crippen molar-refractivity contribution in [2.75, 3.05) is 0 Å². The summed E-state index contributed by atoms with van der Waals surface area (Å²) < 4.78 is 2.37. The molecule has 0 fully saturated rings. The van der Waals surface area contributed by atoms with Crippen LogP contribution in [0.2, 0.25) is 0 Å². The molecule has 1 nitrogen and oxygen atoms in total. The van der Waals surface area contributed by atoms with Crippen molar-refractivity contribution in [2.45, 2.75) is 39.5 Å². The van der Waals surface area contributed by atoms with Gasteiger partial charge in [0.05, 0.1) is 11.0 Å². The van der Waals surface area contributed by atoms with E-state index in [1.165, 1.54) is 38.6 Å². The van der Waals surface area contributed by atoms with E-state index in [-0.39, 0.29) is 0 Å². The van der Waals surface area contributed by atoms with Crippen LogP contribution in [0.4, 0.5) is 0 Å². The number of rotatable bonds is 8. The SMILES string of the molecule is C=C/C(=C\CC/C(=C\CC)CC)c1cccc(-n2c3ccccc3c3ccccc32)c1. The third kappa shape index (κ3) is 4.27. The number of hydrogen-bond donors (Lipinski definition) is 0. The van der Waals surface area contributed by atoms with E-state index >= 15 is 0 Å². The predicted molar refractivity (Wildman–Crippen MR) is 137 cm³/mol. The van der Waals surface area contributed by atoms with E-state index in [2.05, 4.69) is 110 Å². The lowest BCUT2D eigenvalue weighted by atomic mass is 10.0. The molecule has 0 atom stereocenters. The molecule has 156 valence electrons. The molecule has 4 aromatic rings. The minimum Gasteiger partial charge on any atom is -0.309 e. The largest absolute Gasteiger partial charge is 0.309 e. The maximum Gasteiger partial charge on any atom is 0.0541 e. The van der Waals surface area contributed by atoms with Crippen LogP contribution >= 0.6 is 0 Å². The quantitative estimate of drug-likeness (QED) is 0.204. The van der Waals surface area contributed by atoms with Gasteiger partial charge < -0.3 is 4.57 Å². The summed E-state index contributed by atoms with van der Waals surface area (Å²) in [5, 5.41) is 2.58. The predicted octanol–water partition coefficient (Wildman–Crippen LogP) is 8.88. The van der Waals surface area contributed by atoms with Crippen LogP contribution in [0.3, 0.4) is 0 Å². The maximum absolute atomic E-state index is 4.09. The summed E-state index contributed by atoms with van der Waals surface area (Å²) in [6.45, 7) is 8.55. The highest BCUT2D eigenvalue weighted by Gasteiger charge is 2.11. The molecular weight excluding hydrogens is 374 g/mol. The number of fused-ring (bicyclic) bond motifs is 3. The van der Waals surface area contributed by atoms with Gasteiger partial charge in [-0.25, -0.2) is 0 Å². The molecule has 0 N–H and O–H groups in total. The molecule has 1 heterocycles. The van der Waals surface area contributed by atoms with Gasteiger partial charge in [0.2, 0.25) is 0 Å². The molecule has 0 aliphatic carbocycles. The highest BCUT2D eigenvalue weighted by molar-refractivity contribution is 6.09. The number of allylic oxidation sites excluding steroid dienone is 5. The molecule has 0 saturated heterocycles. The first-order chi connectivity index (χ1) is 15.3. The molecule has 1 heteroatoms. The van der Waals surface area contributed by atoms with Crippen LogP contribution in [-0.4, -0.2) is 4.57 Å². The fourth-order valence-electron chi connectivity index (χ4n) is 4.47. The van der Waals surface area contributed by atoms with Crippen LogP contribution in [0.1, 0.15) is 45.1 Å². The summed E-state index contributed by atoms with van der Waals surface area (Å²) in [5.74, 6) is 0. The topological polar surface area (TPSA) is 4.93 Å². The minimum absolute atomic E-state index is 1.04. The second-order valence-corrected chi connectivity index (χ2v) is 7.95. The molecule has 31 heavy (non-hydrogen) atoms. The zero-order chi connectivity index (χ0) is 21.6. The lowest BCUT2D eigenvalue weighted by Crippen LogP contribution is -1.95. The van der Waals surface area contributed by atoms with E-state index in [4.69, 9.17) is 0 Å². The number of nitrogens with zero attached hydrogens (tertiary/aromatic N) is 1. The fourth-order valence-corrected chi connectivity index (χ4v) is 4.47. The van der Waals surface area contributed by atoms with Gasteiger partial charge in [0.25, 0.3) is 0 Å². The van der Waals surface area contributed by atoms with Gasteiger partial charge in [-0.1, -0.05) is 92.8 Å². The number of benzene rings is 3. The summed E-state index contributed by atoms with van der Waals surface area (Å²) >= 11 is 0. The Labute approximate surface area is 186 Å². The smallest absolute Gasteiger partial charge is 0.0541 e. The zero-order valence-electron chi connectivity index (χ0n) is 18.6. The second kappa shape index (κ2) is 9.66. The van der Waals surface area contributed by atoms with Gasteiger partial charge in [-0.3, -0.25) is 0 Å². The van der Waals surface area contributed by atoms with Crippen molar-refractivity contribution >= 4 is 27.4 Å². The van der Waals surface area contributed by atoms with Crippen molar-refractivity contribution < 1.29 is 0 Å². The number of hydrogen-bond acceptors (Lipinski definition) is 0. The molecule has 4 rings (SSSR count). The van der Waals surface area contributed by atoms with Crippen LogP contribution < -0.4 is 0 Å². The molecular formula is C30H31N. The van der Waals surface area contributed by atoms with Crippen molar-refractivity contribution in [3.63, 3.8) is 0 Å². The summed E-state index contributed by atoms with van der Waals surface area (Å²) in [5.41, 5.74) is 7.62. The highest BCUT2D eigenvalue weighted by atomic mass is 15.0. The molecule has 0 amide bonds. The van der Waals surface area contributed by atoms with Gasteiger partial charge in [0, 0.05) is 16.5 Å². The fraction of sp³-hybridized carbons (Fsp3) is 0.200. The summed E-state index contributed by atoms with van der Waals surface area (Å²) in [4.78, 5) is 0. The Hall–Kier alpha value is -3.32. The lowest BCUT2D eigenvalue weighted by Gasteiger charge is -2.11. The standard InChI is InChI=1S/C30H31N/c1-4-13-23(5-2)14-11-15-24(6-3)25-16-12-17-26(22-25)31-29-20-9-7-18-27(29)28-19-8-10-21-30(28)31/h6-10,12-13,15-22H,3-5,11,14H2,1-2H3/b23-13-,24-15+. The third-order valence-electron chi connectivity index (χ3n) is 6.01. The first-order valence-electron chi connectivity index (χ1n) is 11.4. The first-order valence-corrected chi connectivity index (χ1v) is 11.4. The number of aromatic nitrogens is 1. The molecule has 0 unspecified atom stereocenters. The minimum atomic E-state index is 1.04. The van der Waals surface area contributed by atoms with Crippen molar-refractivity contribution in [2.24, 2.45) is 0 Å². The zero-order valence-corrected chi connectivity index (χ0v) is 18.6. The van der Waals surface area contributed by atoms with Gasteiger partial charge in [-0.15, -0.1) is 0 Å². The Morgan fingerprint density at radius 2 is 1.52 bits per heavy atom. The van der Waals surface area contributed by atoms with E-state index in [0.29, 0.717) is 0 Å². The maximum atomic E-state index is 4.09. The molecule has 0 radical (unpaired) electrons. The Kier molecular flexibility index (Phi) is 6.52.